The summed E-state index contributed by atoms with van der Waals surface area (Å²) < 4.78 is 0. The van der Waals surface area contributed by atoms with Crippen molar-refractivity contribution in [1.29, 1.82) is 0 Å². The highest BCUT2D eigenvalue weighted by Gasteiger charge is 2.06. The molecule has 0 bridgehead atoms. The van der Waals surface area contributed by atoms with Crippen LogP contribution in [0.15, 0.2) is 54.6 Å². The van der Waals surface area contributed by atoms with Gasteiger partial charge in [-0.2, -0.15) is 0 Å². The van der Waals surface area contributed by atoms with Crippen LogP contribution >= 0.6 is 0 Å². The number of aryl methyl sites for hydroxylation is 1. The van der Waals surface area contributed by atoms with Crippen molar-refractivity contribution < 1.29 is 0 Å². The summed E-state index contributed by atoms with van der Waals surface area (Å²) in [5, 5.41) is 4.47. The maximum atomic E-state index is 5.84. The van der Waals surface area contributed by atoms with Crippen LogP contribution in [-0.4, -0.2) is 4.98 Å². The number of aromatic nitrogens is 1. The van der Waals surface area contributed by atoms with Gasteiger partial charge in [-0.15, -0.1) is 0 Å². The highest BCUT2D eigenvalue weighted by atomic mass is 15.0. The van der Waals surface area contributed by atoms with Crippen LogP contribution in [0.4, 0.5) is 11.5 Å². The molecule has 0 saturated carbocycles. The van der Waals surface area contributed by atoms with Crippen LogP contribution < -0.4 is 11.1 Å². The number of nitrogens with two attached hydrogens (primary N) is 1. The van der Waals surface area contributed by atoms with Gasteiger partial charge < -0.3 is 11.1 Å². The Labute approximate surface area is 118 Å². The topological polar surface area (TPSA) is 50.9 Å². The van der Waals surface area contributed by atoms with Crippen molar-refractivity contribution in [3.8, 4) is 0 Å². The molecule has 0 aliphatic rings. The molecule has 0 aliphatic carbocycles. The van der Waals surface area contributed by atoms with E-state index in [-0.39, 0.29) is 0 Å². The zero-order valence-electron chi connectivity index (χ0n) is 11.4. The molecular formula is C17H17N3. The Morgan fingerprint density at radius 3 is 2.55 bits per heavy atom. The van der Waals surface area contributed by atoms with Crippen molar-refractivity contribution in [3.63, 3.8) is 0 Å². The summed E-state index contributed by atoms with van der Waals surface area (Å²) >= 11 is 0. The second-order valence-electron chi connectivity index (χ2n) is 4.88. The van der Waals surface area contributed by atoms with E-state index in [0.29, 0.717) is 6.54 Å². The van der Waals surface area contributed by atoms with Gasteiger partial charge in [0.1, 0.15) is 5.82 Å². The Morgan fingerprint density at radius 2 is 1.80 bits per heavy atom. The fourth-order valence-corrected chi connectivity index (χ4v) is 2.20. The molecule has 1 aromatic heterocycles. The van der Waals surface area contributed by atoms with Crippen LogP contribution in [0.1, 0.15) is 11.1 Å². The average molecular weight is 263 g/mol. The highest BCUT2D eigenvalue weighted by Crippen LogP contribution is 2.23. The minimum Gasteiger partial charge on any atom is -0.340 e. The van der Waals surface area contributed by atoms with E-state index in [1.54, 1.807) is 0 Å². The largest absolute Gasteiger partial charge is 0.340 e. The van der Waals surface area contributed by atoms with Crippen LogP contribution in [0.5, 0.6) is 0 Å². The van der Waals surface area contributed by atoms with E-state index in [0.717, 1.165) is 28.0 Å². The van der Waals surface area contributed by atoms with E-state index < -0.39 is 0 Å². The number of pyridine rings is 1. The Morgan fingerprint density at radius 1 is 1.05 bits per heavy atom. The number of hydrogen-bond donors (Lipinski definition) is 2. The monoisotopic (exact) mass is 263 g/mol. The number of anilines is 2. The van der Waals surface area contributed by atoms with Gasteiger partial charge in [0.15, 0.2) is 0 Å². The molecule has 3 aromatic rings. The molecule has 3 N–H and O–H groups in total. The van der Waals surface area contributed by atoms with Crippen molar-refractivity contribution in [2.45, 2.75) is 13.5 Å². The lowest BCUT2D eigenvalue weighted by molar-refractivity contribution is 1.06. The minimum atomic E-state index is 0.464. The quantitative estimate of drug-likeness (QED) is 0.756. The van der Waals surface area contributed by atoms with E-state index in [1.165, 1.54) is 5.56 Å². The predicted octanol–water partition coefficient (Wildman–Crippen LogP) is 3.75. The SMILES string of the molecule is Cc1ccc(Nc2nc3ccccc3cc2CN)cc1. The molecule has 3 rings (SSSR count). The van der Waals surface area contributed by atoms with Crippen LogP contribution in [0.25, 0.3) is 10.9 Å². The molecule has 0 spiro atoms. The molecule has 0 amide bonds. The first-order valence-corrected chi connectivity index (χ1v) is 6.69. The number of rotatable bonds is 3. The molecule has 0 atom stereocenters. The third-order valence-electron chi connectivity index (χ3n) is 3.34. The lowest BCUT2D eigenvalue weighted by atomic mass is 10.1. The van der Waals surface area contributed by atoms with Crippen molar-refractivity contribution in [1.82, 2.24) is 4.98 Å². The summed E-state index contributed by atoms with van der Waals surface area (Å²) in [5.74, 6) is 0.829. The van der Waals surface area contributed by atoms with Crippen LogP contribution in [-0.2, 0) is 6.54 Å². The normalized spacial score (nSPS) is 10.7. The number of hydrogen-bond acceptors (Lipinski definition) is 3. The maximum absolute atomic E-state index is 5.84. The van der Waals surface area contributed by atoms with E-state index in [4.69, 9.17) is 5.73 Å². The maximum Gasteiger partial charge on any atom is 0.135 e. The van der Waals surface area contributed by atoms with Crippen molar-refractivity contribution >= 4 is 22.4 Å². The van der Waals surface area contributed by atoms with Gasteiger partial charge in [0, 0.05) is 23.2 Å². The van der Waals surface area contributed by atoms with Crippen LogP contribution in [0.3, 0.4) is 0 Å². The first-order chi connectivity index (χ1) is 9.76. The smallest absolute Gasteiger partial charge is 0.135 e. The molecular weight excluding hydrogens is 246 g/mol. The summed E-state index contributed by atoms with van der Waals surface area (Å²) in [4.78, 5) is 4.67. The van der Waals surface area contributed by atoms with E-state index >= 15 is 0 Å². The minimum absolute atomic E-state index is 0.464. The van der Waals surface area contributed by atoms with Crippen LogP contribution in [0, 0.1) is 6.92 Å². The molecule has 3 heteroatoms. The number of benzene rings is 2. The average Bonchev–Trinajstić information content (AvgIpc) is 2.49. The molecule has 1 heterocycles. The first-order valence-electron chi connectivity index (χ1n) is 6.69. The van der Waals surface area contributed by atoms with Crippen LogP contribution in [0.2, 0.25) is 0 Å². The van der Waals surface area contributed by atoms with Gasteiger partial charge in [-0.3, -0.25) is 0 Å². The summed E-state index contributed by atoms with van der Waals surface area (Å²) in [5.41, 5.74) is 10.1. The summed E-state index contributed by atoms with van der Waals surface area (Å²) in [6.07, 6.45) is 0. The molecule has 100 valence electrons. The molecule has 0 aliphatic heterocycles. The van der Waals surface area contributed by atoms with Gasteiger partial charge in [-0.1, -0.05) is 35.9 Å². The van der Waals surface area contributed by atoms with Gasteiger partial charge in [0.05, 0.1) is 5.52 Å². The van der Waals surface area contributed by atoms with E-state index in [9.17, 15) is 0 Å². The molecule has 3 nitrogen and oxygen atoms in total. The van der Waals surface area contributed by atoms with E-state index in [1.807, 2.05) is 30.3 Å². The van der Waals surface area contributed by atoms with Gasteiger partial charge >= 0.3 is 0 Å². The summed E-state index contributed by atoms with van der Waals surface area (Å²) in [6.45, 7) is 2.54. The molecule has 0 saturated heterocycles. The first kappa shape index (κ1) is 12.6. The van der Waals surface area contributed by atoms with Crippen molar-refractivity contribution in [2.75, 3.05) is 5.32 Å². The Bertz CT molecular complexity index is 733. The van der Waals surface area contributed by atoms with Gasteiger partial charge in [0.2, 0.25) is 0 Å². The molecule has 0 radical (unpaired) electrons. The third-order valence-corrected chi connectivity index (χ3v) is 3.34. The van der Waals surface area contributed by atoms with Gasteiger partial charge in [-0.05, 0) is 31.2 Å². The predicted molar refractivity (Wildman–Crippen MR) is 84.1 cm³/mol. The zero-order chi connectivity index (χ0) is 13.9. The second-order valence-corrected chi connectivity index (χ2v) is 4.88. The van der Waals surface area contributed by atoms with Gasteiger partial charge in [0.25, 0.3) is 0 Å². The summed E-state index contributed by atoms with van der Waals surface area (Å²) in [7, 11) is 0. The van der Waals surface area contributed by atoms with Crippen molar-refractivity contribution in [2.24, 2.45) is 5.73 Å². The zero-order valence-corrected chi connectivity index (χ0v) is 11.4. The fourth-order valence-electron chi connectivity index (χ4n) is 2.20. The lowest BCUT2D eigenvalue weighted by Crippen LogP contribution is -2.04. The Balaban J connectivity index is 2.03. The van der Waals surface area contributed by atoms with Crippen molar-refractivity contribution in [3.05, 3.63) is 65.7 Å². The summed E-state index contributed by atoms with van der Waals surface area (Å²) in [6, 6.07) is 18.4. The second kappa shape index (κ2) is 5.31. The lowest BCUT2D eigenvalue weighted by Gasteiger charge is -2.11. The van der Waals surface area contributed by atoms with Gasteiger partial charge in [-0.25, -0.2) is 4.98 Å². The Kier molecular flexibility index (Phi) is 3.35. The molecule has 0 unspecified atom stereocenters. The standard InChI is InChI=1S/C17H17N3/c1-12-6-8-15(9-7-12)19-17-14(11-18)10-13-4-2-3-5-16(13)20-17/h2-10H,11,18H2,1H3,(H,19,20). The molecule has 2 aromatic carbocycles. The Hall–Kier alpha value is -2.39. The number of nitrogens with one attached hydrogen (secondary N) is 1. The van der Waals surface area contributed by atoms with E-state index in [2.05, 4.69) is 41.5 Å². The third kappa shape index (κ3) is 2.49. The number of para-hydroxylation sites is 1. The fraction of sp³-hybridized carbons (Fsp3) is 0.118. The number of fused-ring (bicyclic) bond motifs is 1. The molecule has 20 heavy (non-hydrogen) atoms. The molecule has 0 fully saturated rings. The highest BCUT2D eigenvalue weighted by molar-refractivity contribution is 5.82. The number of nitrogens with zero attached hydrogens (tertiary/aromatic N) is 1.